The number of rotatable bonds is 3. The Kier molecular flexibility index (Phi) is 3.79. The lowest BCUT2D eigenvalue weighted by molar-refractivity contribution is -0.137. The average Bonchev–Trinajstić information content (AvgIpc) is 2.39. The fourth-order valence-corrected chi connectivity index (χ4v) is 1.71. The summed E-state index contributed by atoms with van der Waals surface area (Å²) in [5.74, 6) is 0.686. The molecule has 0 saturated carbocycles. The van der Waals surface area contributed by atoms with Crippen molar-refractivity contribution >= 4 is 0 Å². The van der Waals surface area contributed by atoms with Crippen LogP contribution in [0.15, 0.2) is 48.5 Å². The maximum Gasteiger partial charge on any atom is 0.416 e. The van der Waals surface area contributed by atoms with Gasteiger partial charge in [0.25, 0.3) is 0 Å². The summed E-state index contributed by atoms with van der Waals surface area (Å²) in [4.78, 5) is 0. The second kappa shape index (κ2) is 5.34. The maximum atomic E-state index is 12.4. The van der Waals surface area contributed by atoms with Crippen LogP contribution in [0.1, 0.15) is 5.56 Å². The summed E-state index contributed by atoms with van der Waals surface area (Å²) in [7, 11) is 0. The molecule has 0 N–H and O–H groups in total. The Hall–Kier alpha value is -1.97. The van der Waals surface area contributed by atoms with Gasteiger partial charge in [-0.25, -0.2) is 0 Å². The first kappa shape index (κ1) is 13.5. The zero-order valence-corrected chi connectivity index (χ0v) is 10.1. The molecule has 0 aliphatic heterocycles. The van der Waals surface area contributed by atoms with E-state index in [0.717, 1.165) is 23.3 Å². The van der Waals surface area contributed by atoms with Crippen molar-refractivity contribution in [3.63, 3.8) is 0 Å². The van der Waals surface area contributed by atoms with Crippen LogP contribution in [0.2, 0.25) is 0 Å². The van der Waals surface area contributed by atoms with Gasteiger partial charge in [-0.1, -0.05) is 24.3 Å². The summed E-state index contributed by atoms with van der Waals surface area (Å²) < 4.78 is 42.5. The van der Waals surface area contributed by atoms with Crippen LogP contribution >= 0.6 is 0 Å². The van der Waals surface area contributed by atoms with Gasteiger partial charge in [0.1, 0.15) is 5.75 Å². The lowest BCUT2D eigenvalue weighted by Crippen LogP contribution is -2.03. The Morgan fingerprint density at radius 2 is 1.32 bits per heavy atom. The molecule has 4 heteroatoms. The third kappa shape index (κ3) is 3.28. The van der Waals surface area contributed by atoms with Crippen molar-refractivity contribution in [1.82, 2.24) is 0 Å². The monoisotopic (exact) mass is 265 g/mol. The zero-order valence-electron chi connectivity index (χ0n) is 10.1. The molecule has 0 atom stereocenters. The summed E-state index contributed by atoms with van der Waals surface area (Å²) in [5.41, 5.74) is 0.924. The van der Waals surface area contributed by atoms with Gasteiger partial charge in [-0.05, 0) is 42.3 Å². The van der Waals surface area contributed by atoms with Crippen LogP contribution in [0, 0.1) is 6.92 Å². The largest absolute Gasteiger partial charge is 0.494 e. The van der Waals surface area contributed by atoms with Gasteiger partial charge in [0.2, 0.25) is 0 Å². The normalized spacial score (nSPS) is 11.4. The van der Waals surface area contributed by atoms with Crippen molar-refractivity contribution < 1.29 is 17.9 Å². The van der Waals surface area contributed by atoms with E-state index in [-0.39, 0.29) is 0 Å². The number of ether oxygens (including phenoxy) is 1. The summed E-state index contributed by atoms with van der Waals surface area (Å²) in [6.45, 7) is 3.90. The second-order valence-electron chi connectivity index (χ2n) is 3.95. The van der Waals surface area contributed by atoms with Gasteiger partial charge in [-0.2, -0.15) is 13.2 Å². The lowest BCUT2D eigenvalue weighted by atomic mass is 10.0. The molecule has 0 aliphatic carbocycles. The average molecular weight is 265 g/mol. The fourth-order valence-electron chi connectivity index (χ4n) is 1.71. The molecule has 1 radical (unpaired) electrons. The molecule has 1 nitrogen and oxygen atoms in total. The third-order valence-corrected chi connectivity index (χ3v) is 2.67. The smallest absolute Gasteiger partial charge is 0.416 e. The molecule has 19 heavy (non-hydrogen) atoms. The topological polar surface area (TPSA) is 9.23 Å². The first-order valence-corrected chi connectivity index (χ1v) is 5.70. The van der Waals surface area contributed by atoms with E-state index in [1.54, 1.807) is 24.3 Å². The van der Waals surface area contributed by atoms with Gasteiger partial charge in [0.05, 0.1) is 12.2 Å². The van der Waals surface area contributed by atoms with Gasteiger partial charge in [0.15, 0.2) is 0 Å². The highest BCUT2D eigenvalue weighted by molar-refractivity contribution is 5.64. The molecule has 0 spiro atoms. The van der Waals surface area contributed by atoms with Crippen molar-refractivity contribution in [1.29, 1.82) is 0 Å². The van der Waals surface area contributed by atoms with Gasteiger partial charge in [-0.3, -0.25) is 0 Å². The number of alkyl halides is 3. The third-order valence-electron chi connectivity index (χ3n) is 2.67. The Morgan fingerprint density at radius 3 is 1.74 bits per heavy atom. The van der Waals surface area contributed by atoms with E-state index in [0.29, 0.717) is 12.4 Å². The van der Waals surface area contributed by atoms with Gasteiger partial charge >= 0.3 is 6.18 Å². The van der Waals surface area contributed by atoms with Crippen LogP contribution in [-0.2, 0) is 6.18 Å². The minimum absolute atomic E-state index is 0.333. The predicted molar refractivity (Wildman–Crippen MR) is 67.7 cm³/mol. The van der Waals surface area contributed by atoms with Gasteiger partial charge < -0.3 is 4.74 Å². The Bertz CT molecular complexity index is 527. The molecule has 0 heterocycles. The number of hydrogen-bond donors (Lipinski definition) is 0. The molecule has 0 saturated heterocycles. The molecule has 0 aromatic heterocycles. The van der Waals surface area contributed by atoms with Crippen molar-refractivity contribution in [3.05, 3.63) is 61.0 Å². The Labute approximate surface area is 109 Å². The van der Waals surface area contributed by atoms with E-state index in [4.69, 9.17) is 4.74 Å². The number of hydrogen-bond acceptors (Lipinski definition) is 1. The van der Waals surface area contributed by atoms with E-state index >= 15 is 0 Å². The van der Waals surface area contributed by atoms with E-state index < -0.39 is 11.7 Å². The Morgan fingerprint density at radius 1 is 0.842 bits per heavy atom. The molecule has 2 rings (SSSR count). The summed E-state index contributed by atoms with van der Waals surface area (Å²) >= 11 is 0. The van der Waals surface area contributed by atoms with Crippen molar-refractivity contribution in [2.45, 2.75) is 6.18 Å². The zero-order chi connectivity index (χ0) is 13.9. The molecule has 0 bridgehead atoms. The van der Waals surface area contributed by atoms with Crippen LogP contribution < -0.4 is 4.74 Å². The number of halogens is 3. The maximum absolute atomic E-state index is 12.4. The van der Waals surface area contributed by atoms with Crippen LogP contribution in [-0.4, -0.2) is 6.61 Å². The molecule has 0 aliphatic rings. The molecule has 0 amide bonds. The molecule has 99 valence electrons. The first-order valence-electron chi connectivity index (χ1n) is 5.70. The van der Waals surface area contributed by atoms with Crippen molar-refractivity contribution in [2.24, 2.45) is 0 Å². The van der Waals surface area contributed by atoms with Crippen LogP contribution in [0.4, 0.5) is 13.2 Å². The van der Waals surface area contributed by atoms with Crippen molar-refractivity contribution in [3.8, 4) is 16.9 Å². The summed E-state index contributed by atoms with van der Waals surface area (Å²) in [6, 6.07) is 12.2. The molecule has 0 unspecified atom stereocenters. The van der Waals surface area contributed by atoms with Gasteiger partial charge in [0, 0.05) is 0 Å². The van der Waals surface area contributed by atoms with E-state index in [2.05, 4.69) is 6.92 Å². The van der Waals surface area contributed by atoms with E-state index in [1.807, 2.05) is 0 Å². The quantitative estimate of drug-likeness (QED) is 0.789. The van der Waals surface area contributed by atoms with Crippen LogP contribution in [0.25, 0.3) is 11.1 Å². The highest BCUT2D eigenvalue weighted by Crippen LogP contribution is 2.31. The molecule has 2 aromatic rings. The molecule has 0 fully saturated rings. The van der Waals surface area contributed by atoms with Gasteiger partial charge in [-0.15, -0.1) is 0 Å². The van der Waals surface area contributed by atoms with E-state index in [9.17, 15) is 13.2 Å². The first-order chi connectivity index (χ1) is 9.00. The standard InChI is InChI=1S/C15H12F3O/c1-2-19-14-9-5-12(6-10-14)11-3-7-13(8-4-11)15(16,17)18/h3-10H,1-2H2. The highest BCUT2D eigenvalue weighted by Gasteiger charge is 2.29. The molecule has 2 aromatic carbocycles. The van der Waals surface area contributed by atoms with Crippen molar-refractivity contribution in [2.75, 3.05) is 6.61 Å². The number of benzene rings is 2. The summed E-state index contributed by atoms with van der Waals surface area (Å²) in [5, 5.41) is 0. The van der Waals surface area contributed by atoms with E-state index in [1.165, 1.54) is 12.1 Å². The van der Waals surface area contributed by atoms with Crippen LogP contribution in [0.5, 0.6) is 5.75 Å². The molecular weight excluding hydrogens is 253 g/mol. The minimum Gasteiger partial charge on any atom is -0.494 e. The Balaban J connectivity index is 2.22. The second-order valence-corrected chi connectivity index (χ2v) is 3.95. The molecular formula is C15H12F3O. The lowest BCUT2D eigenvalue weighted by Gasteiger charge is -2.08. The highest BCUT2D eigenvalue weighted by atomic mass is 19.4. The minimum atomic E-state index is -4.30. The van der Waals surface area contributed by atoms with Crippen LogP contribution in [0.3, 0.4) is 0 Å². The SMILES string of the molecule is [CH2]COc1ccc(-c2ccc(C(F)(F)F)cc2)cc1. The predicted octanol–water partition coefficient (Wildman–Crippen LogP) is 4.59. The summed E-state index contributed by atoms with van der Waals surface area (Å²) in [6.07, 6.45) is -4.30. The fraction of sp³-hybridized carbons (Fsp3) is 0.133.